The van der Waals surface area contributed by atoms with Gasteiger partial charge in [0.15, 0.2) is 5.11 Å². The highest BCUT2D eigenvalue weighted by Crippen LogP contribution is 2.27. The molecule has 0 aliphatic heterocycles. The first-order chi connectivity index (χ1) is 15.5. The molecular formula is C24H22N4O3S. The molecule has 4 aromatic rings. The van der Waals surface area contributed by atoms with Gasteiger partial charge in [0.25, 0.3) is 5.56 Å². The predicted octanol–water partition coefficient (Wildman–Crippen LogP) is 4.52. The Kier molecular flexibility index (Phi) is 6.04. The second-order valence-electron chi connectivity index (χ2n) is 7.01. The maximum Gasteiger partial charge on any atom is 0.266 e. The summed E-state index contributed by atoms with van der Waals surface area (Å²) in [6, 6.07) is 20.2. The van der Waals surface area contributed by atoms with Crippen LogP contribution < -0.4 is 25.7 Å². The number of hydrogen-bond acceptors (Lipinski definition) is 5. The summed E-state index contributed by atoms with van der Waals surface area (Å²) in [4.78, 5) is 17.7. The number of nitrogens with zero attached hydrogens (tertiary/aromatic N) is 2. The Bertz CT molecular complexity index is 1350. The quantitative estimate of drug-likeness (QED) is 0.437. The molecule has 0 spiro atoms. The molecule has 162 valence electrons. The lowest BCUT2D eigenvalue weighted by Gasteiger charge is -2.16. The standard InChI is InChI=1S/C24H22N4O3S/c1-15-25-20-7-5-4-6-19(20)23(29)28(15)21-13-10-17(14-22(21)31-3)27-24(32)26-16-8-11-18(30-2)12-9-16/h4-14H,1-3H3,(H2,26,27,32). The number of anilines is 2. The third-order valence-electron chi connectivity index (χ3n) is 4.97. The first kappa shape index (κ1) is 21.3. The number of fused-ring (bicyclic) bond motifs is 1. The number of aromatic nitrogens is 2. The minimum Gasteiger partial charge on any atom is -0.497 e. The summed E-state index contributed by atoms with van der Waals surface area (Å²) in [5.74, 6) is 1.86. The van der Waals surface area contributed by atoms with Gasteiger partial charge in [-0.2, -0.15) is 0 Å². The Morgan fingerprint density at radius 2 is 1.62 bits per heavy atom. The third-order valence-corrected chi connectivity index (χ3v) is 5.17. The number of hydrogen-bond donors (Lipinski definition) is 2. The van der Waals surface area contributed by atoms with Crippen LogP contribution in [0.3, 0.4) is 0 Å². The van der Waals surface area contributed by atoms with E-state index in [4.69, 9.17) is 21.7 Å². The summed E-state index contributed by atoms with van der Waals surface area (Å²) < 4.78 is 12.3. The Morgan fingerprint density at radius 1 is 0.938 bits per heavy atom. The van der Waals surface area contributed by atoms with Crippen molar-refractivity contribution in [3.8, 4) is 17.2 Å². The van der Waals surface area contributed by atoms with Crippen molar-refractivity contribution in [1.82, 2.24) is 9.55 Å². The molecule has 1 aromatic heterocycles. The Morgan fingerprint density at radius 3 is 2.34 bits per heavy atom. The van der Waals surface area contributed by atoms with Crippen molar-refractivity contribution in [2.45, 2.75) is 6.92 Å². The summed E-state index contributed by atoms with van der Waals surface area (Å²) in [5.41, 5.74) is 2.67. The molecule has 1 heterocycles. The summed E-state index contributed by atoms with van der Waals surface area (Å²) >= 11 is 5.42. The SMILES string of the molecule is COc1ccc(NC(=S)Nc2ccc(-n3c(C)nc4ccccc4c3=O)c(OC)c2)cc1. The normalized spacial score (nSPS) is 10.6. The predicted molar refractivity (Wildman–Crippen MR) is 131 cm³/mol. The van der Waals surface area contributed by atoms with Crippen LogP contribution in [0, 0.1) is 6.92 Å². The molecule has 0 unspecified atom stereocenters. The largest absolute Gasteiger partial charge is 0.497 e. The van der Waals surface area contributed by atoms with Crippen molar-refractivity contribution >= 4 is 39.6 Å². The first-order valence-electron chi connectivity index (χ1n) is 9.89. The number of para-hydroxylation sites is 1. The van der Waals surface area contributed by atoms with E-state index in [-0.39, 0.29) is 5.56 Å². The Hall–Kier alpha value is -3.91. The lowest BCUT2D eigenvalue weighted by molar-refractivity contribution is 0.412. The Balaban J connectivity index is 1.61. The number of rotatable bonds is 5. The number of aryl methyl sites for hydroxylation is 1. The number of ether oxygens (including phenoxy) is 2. The summed E-state index contributed by atoms with van der Waals surface area (Å²) in [7, 11) is 3.18. The Labute approximate surface area is 190 Å². The van der Waals surface area contributed by atoms with Gasteiger partial charge in [0.05, 0.1) is 30.8 Å². The van der Waals surface area contributed by atoms with E-state index >= 15 is 0 Å². The van der Waals surface area contributed by atoms with Crippen LogP contribution in [0.4, 0.5) is 11.4 Å². The van der Waals surface area contributed by atoms with E-state index < -0.39 is 0 Å². The highest BCUT2D eigenvalue weighted by molar-refractivity contribution is 7.80. The molecule has 0 saturated heterocycles. The lowest BCUT2D eigenvalue weighted by Crippen LogP contribution is -2.23. The van der Waals surface area contributed by atoms with Crippen LogP contribution in [-0.2, 0) is 0 Å². The van der Waals surface area contributed by atoms with Crippen molar-refractivity contribution in [3.63, 3.8) is 0 Å². The number of benzene rings is 3. The molecule has 0 aliphatic carbocycles. The second-order valence-corrected chi connectivity index (χ2v) is 7.42. The monoisotopic (exact) mass is 446 g/mol. The van der Waals surface area contributed by atoms with E-state index in [1.807, 2.05) is 54.6 Å². The molecule has 32 heavy (non-hydrogen) atoms. The van der Waals surface area contributed by atoms with Crippen LogP contribution in [-0.4, -0.2) is 28.9 Å². The van der Waals surface area contributed by atoms with E-state index in [2.05, 4.69) is 15.6 Å². The van der Waals surface area contributed by atoms with Crippen LogP contribution >= 0.6 is 12.2 Å². The van der Waals surface area contributed by atoms with Gasteiger partial charge in [-0.15, -0.1) is 0 Å². The molecule has 0 saturated carbocycles. The maximum atomic E-state index is 13.1. The number of nitrogens with one attached hydrogen (secondary N) is 2. The third kappa shape index (κ3) is 4.26. The van der Waals surface area contributed by atoms with Crippen LogP contribution in [0.5, 0.6) is 11.5 Å². The molecule has 0 bridgehead atoms. The van der Waals surface area contributed by atoms with E-state index in [9.17, 15) is 4.79 Å². The van der Waals surface area contributed by atoms with Gasteiger partial charge in [-0.05, 0) is 67.7 Å². The fourth-order valence-electron chi connectivity index (χ4n) is 3.44. The van der Waals surface area contributed by atoms with Gasteiger partial charge >= 0.3 is 0 Å². The van der Waals surface area contributed by atoms with Gasteiger partial charge in [0, 0.05) is 17.4 Å². The molecule has 8 heteroatoms. The average Bonchev–Trinajstić information content (AvgIpc) is 2.80. The van der Waals surface area contributed by atoms with E-state index in [1.54, 1.807) is 37.8 Å². The minimum atomic E-state index is -0.149. The van der Waals surface area contributed by atoms with E-state index in [0.29, 0.717) is 33.3 Å². The van der Waals surface area contributed by atoms with Gasteiger partial charge in [-0.25, -0.2) is 4.98 Å². The summed E-state index contributed by atoms with van der Waals surface area (Å²) in [5, 5.41) is 7.23. The topological polar surface area (TPSA) is 77.4 Å². The van der Waals surface area contributed by atoms with Crippen molar-refractivity contribution in [3.05, 3.63) is 82.9 Å². The zero-order chi connectivity index (χ0) is 22.7. The van der Waals surface area contributed by atoms with Crippen LogP contribution in [0.25, 0.3) is 16.6 Å². The molecule has 0 aliphatic rings. The van der Waals surface area contributed by atoms with E-state index in [1.165, 1.54) is 0 Å². The maximum absolute atomic E-state index is 13.1. The molecular weight excluding hydrogens is 424 g/mol. The van der Waals surface area contributed by atoms with Gasteiger partial charge < -0.3 is 20.1 Å². The second kappa shape index (κ2) is 9.07. The average molecular weight is 447 g/mol. The molecule has 2 N–H and O–H groups in total. The van der Waals surface area contributed by atoms with Crippen molar-refractivity contribution in [2.24, 2.45) is 0 Å². The fourth-order valence-corrected chi connectivity index (χ4v) is 3.67. The van der Waals surface area contributed by atoms with Gasteiger partial charge in [0.1, 0.15) is 17.3 Å². The smallest absolute Gasteiger partial charge is 0.266 e. The van der Waals surface area contributed by atoms with Crippen LogP contribution in [0.1, 0.15) is 5.82 Å². The first-order valence-corrected chi connectivity index (χ1v) is 10.3. The van der Waals surface area contributed by atoms with Gasteiger partial charge in [-0.1, -0.05) is 12.1 Å². The molecule has 0 fully saturated rings. The zero-order valence-corrected chi connectivity index (χ0v) is 18.7. The molecule has 0 amide bonds. The van der Waals surface area contributed by atoms with Crippen molar-refractivity contribution in [2.75, 3.05) is 24.9 Å². The molecule has 4 rings (SSSR count). The highest BCUT2D eigenvalue weighted by atomic mass is 32.1. The minimum absolute atomic E-state index is 0.149. The molecule has 0 radical (unpaired) electrons. The molecule has 3 aromatic carbocycles. The van der Waals surface area contributed by atoms with Crippen molar-refractivity contribution < 1.29 is 9.47 Å². The van der Waals surface area contributed by atoms with Gasteiger partial charge in [-0.3, -0.25) is 9.36 Å². The zero-order valence-electron chi connectivity index (χ0n) is 17.9. The molecule has 0 atom stereocenters. The van der Waals surface area contributed by atoms with E-state index in [0.717, 1.165) is 17.1 Å². The lowest BCUT2D eigenvalue weighted by atomic mass is 10.2. The highest BCUT2D eigenvalue weighted by Gasteiger charge is 2.14. The van der Waals surface area contributed by atoms with Crippen LogP contribution in [0.2, 0.25) is 0 Å². The summed E-state index contributed by atoms with van der Waals surface area (Å²) in [6.45, 7) is 1.80. The number of methoxy groups -OCH3 is 2. The van der Waals surface area contributed by atoms with Crippen LogP contribution in [0.15, 0.2) is 71.5 Å². The summed E-state index contributed by atoms with van der Waals surface area (Å²) in [6.07, 6.45) is 0. The fraction of sp³-hybridized carbons (Fsp3) is 0.125. The number of thiocarbonyl (C=S) groups is 1. The molecule has 7 nitrogen and oxygen atoms in total. The van der Waals surface area contributed by atoms with Gasteiger partial charge in [0.2, 0.25) is 0 Å². The van der Waals surface area contributed by atoms with Crippen molar-refractivity contribution in [1.29, 1.82) is 0 Å².